The molecule has 0 aliphatic rings. The quantitative estimate of drug-likeness (QED) is 0.273. The summed E-state index contributed by atoms with van der Waals surface area (Å²) in [6.07, 6.45) is 2.99. The number of nitrogens with zero attached hydrogens (tertiary/aromatic N) is 1. The fraction of sp³-hybridized carbons (Fsp3) is 0.280. The number of aromatic nitrogens is 1. The summed E-state index contributed by atoms with van der Waals surface area (Å²) in [4.78, 5) is 16.1. The Morgan fingerprint density at radius 1 is 0.933 bits per heavy atom. The first-order chi connectivity index (χ1) is 14.7. The molecule has 0 saturated heterocycles. The molecule has 30 heavy (non-hydrogen) atoms. The van der Waals surface area contributed by atoms with Crippen molar-refractivity contribution < 1.29 is 14.3 Å². The molecule has 0 bridgehead atoms. The molecule has 0 unspecified atom stereocenters. The van der Waals surface area contributed by atoms with Gasteiger partial charge in [-0.1, -0.05) is 60.1 Å². The van der Waals surface area contributed by atoms with Crippen LogP contribution in [0.1, 0.15) is 32.6 Å². The Balaban J connectivity index is 1.70. The normalized spacial score (nSPS) is 10.6. The molecule has 0 radical (unpaired) electrons. The molecule has 0 aliphatic heterocycles. The van der Waals surface area contributed by atoms with E-state index in [9.17, 15) is 4.79 Å². The van der Waals surface area contributed by atoms with Crippen molar-refractivity contribution in [2.45, 2.75) is 32.6 Å². The number of benzene rings is 2. The number of carbonyl (C=O) groups excluding carboxylic acids is 1. The van der Waals surface area contributed by atoms with E-state index in [0.717, 1.165) is 41.6 Å². The summed E-state index contributed by atoms with van der Waals surface area (Å²) < 4.78 is 10.9. The molecule has 0 saturated carbocycles. The average molecular weight is 424 g/mol. The van der Waals surface area contributed by atoms with E-state index >= 15 is 0 Å². The minimum atomic E-state index is -0.139. The van der Waals surface area contributed by atoms with Crippen LogP contribution in [0.25, 0.3) is 22.4 Å². The van der Waals surface area contributed by atoms with Crippen LogP contribution in [0.5, 0.6) is 5.88 Å². The Labute approximate surface area is 182 Å². The molecular weight excluding hydrogens is 398 g/mol. The van der Waals surface area contributed by atoms with Crippen LogP contribution in [0.3, 0.4) is 0 Å². The smallest absolute Gasteiger partial charge is 0.305 e. The van der Waals surface area contributed by atoms with Crippen molar-refractivity contribution in [2.75, 3.05) is 13.2 Å². The highest BCUT2D eigenvalue weighted by Gasteiger charge is 2.10. The van der Waals surface area contributed by atoms with E-state index in [0.29, 0.717) is 30.5 Å². The highest BCUT2D eigenvalue weighted by molar-refractivity contribution is 6.33. The van der Waals surface area contributed by atoms with Crippen molar-refractivity contribution >= 4 is 17.6 Å². The third-order valence-corrected chi connectivity index (χ3v) is 4.97. The highest BCUT2D eigenvalue weighted by Crippen LogP contribution is 2.32. The van der Waals surface area contributed by atoms with Crippen LogP contribution >= 0.6 is 11.6 Å². The van der Waals surface area contributed by atoms with Gasteiger partial charge in [0.05, 0.1) is 18.9 Å². The predicted molar refractivity (Wildman–Crippen MR) is 121 cm³/mol. The molecule has 5 heteroatoms. The second kappa shape index (κ2) is 11.4. The van der Waals surface area contributed by atoms with Crippen LogP contribution in [-0.4, -0.2) is 24.2 Å². The van der Waals surface area contributed by atoms with Crippen LogP contribution in [0.15, 0.2) is 66.7 Å². The van der Waals surface area contributed by atoms with E-state index in [1.807, 2.05) is 61.5 Å². The largest absolute Gasteiger partial charge is 0.478 e. The van der Waals surface area contributed by atoms with Gasteiger partial charge in [0.1, 0.15) is 0 Å². The van der Waals surface area contributed by atoms with Crippen molar-refractivity contribution in [1.29, 1.82) is 0 Å². The maximum Gasteiger partial charge on any atom is 0.305 e. The number of hydrogen-bond donors (Lipinski definition) is 0. The Morgan fingerprint density at radius 2 is 1.70 bits per heavy atom. The Bertz CT molecular complexity index is 960. The monoisotopic (exact) mass is 423 g/mol. The van der Waals surface area contributed by atoms with Gasteiger partial charge in [-0.15, -0.1) is 0 Å². The Kier molecular flexibility index (Phi) is 8.28. The van der Waals surface area contributed by atoms with Gasteiger partial charge in [0, 0.05) is 23.1 Å². The lowest BCUT2D eigenvalue weighted by molar-refractivity contribution is -0.143. The zero-order chi connectivity index (χ0) is 21.2. The third-order valence-electron chi connectivity index (χ3n) is 4.64. The molecule has 1 heterocycles. The fourth-order valence-corrected chi connectivity index (χ4v) is 3.37. The maximum atomic E-state index is 11.4. The van der Waals surface area contributed by atoms with E-state index in [1.165, 1.54) is 0 Å². The first-order valence-electron chi connectivity index (χ1n) is 10.3. The summed E-state index contributed by atoms with van der Waals surface area (Å²) in [5.41, 5.74) is 3.76. The SMILES string of the molecule is CCOC(=O)CCCCCOc1cc(-c2ccccc2)cc(-c2ccccc2Cl)n1. The van der Waals surface area contributed by atoms with E-state index in [1.54, 1.807) is 0 Å². The topological polar surface area (TPSA) is 48.4 Å². The summed E-state index contributed by atoms with van der Waals surface area (Å²) in [7, 11) is 0. The second-order valence-electron chi connectivity index (χ2n) is 6.89. The molecule has 0 atom stereocenters. The minimum absolute atomic E-state index is 0.139. The van der Waals surface area contributed by atoms with Crippen LogP contribution in [0.2, 0.25) is 5.02 Å². The summed E-state index contributed by atoms with van der Waals surface area (Å²) in [5, 5.41) is 0.653. The van der Waals surface area contributed by atoms with E-state index < -0.39 is 0 Å². The first kappa shape index (κ1) is 21.8. The van der Waals surface area contributed by atoms with Crippen LogP contribution in [0, 0.1) is 0 Å². The van der Waals surface area contributed by atoms with E-state index in [4.69, 9.17) is 21.1 Å². The van der Waals surface area contributed by atoms with Gasteiger partial charge in [-0.25, -0.2) is 4.98 Å². The molecule has 0 aliphatic carbocycles. The van der Waals surface area contributed by atoms with Crippen molar-refractivity contribution in [1.82, 2.24) is 4.98 Å². The zero-order valence-corrected chi connectivity index (χ0v) is 17.9. The van der Waals surface area contributed by atoms with Gasteiger partial charge in [0.15, 0.2) is 0 Å². The number of pyridine rings is 1. The Hall–Kier alpha value is -2.85. The lowest BCUT2D eigenvalue weighted by Crippen LogP contribution is -2.04. The van der Waals surface area contributed by atoms with Crippen LogP contribution in [0.4, 0.5) is 0 Å². The minimum Gasteiger partial charge on any atom is -0.478 e. The van der Waals surface area contributed by atoms with Gasteiger partial charge in [-0.2, -0.15) is 0 Å². The number of ether oxygens (including phenoxy) is 2. The van der Waals surface area contributed by atoms with Gasteiger partial charge in [-0.3, -0.25) is 4.79 Å². The van der Waals surface area contributed by atoms with Crippen LogP contribution < -0.4 is 4.74 Å². The van der Waals surface area contributed by atoms with Crippen molar-refractivity contribution in [2.24, 2.45) is 0 Å². The lowest BCUT2D eigenvalue weighted by atomic mass is 10.0. The predicted octanol–water partition coefficient (Wildman–Crippen LogP) is 6.57. The molecule has 0 N–H and O–H groups in total. The summed E-state index contributed by atoms with van der Waals surface area (Å²) in [6, 6.07) is 21.8. The van der Waals surface area contributed by atoms with Crippen molar-refractivity contribution in [3.8, 4) is 28.3 Å². The molecular formula is C25H26ClNO3. The lowest BCUT2D eigenvalue weighted by Gasteiger charge is -2.12. The number of esters is 1. The molecule has 3 rings (SSSR count). The van der Waals surface area contributed by atoms with Crippen LogP contribution in [-0.2, 0) is 9.53 Å². The molecule has 0 fully saturated rings. The molecule has 0 amide bonds. The maximum absolute atomic E-state index is 11.4. The molecule has 3 aromatic rings. The third kappa shape index (κ3) is 6.33. The zero-order valence-electron chi connectivity index (χ0n) is 17.1. The molecule has 1 aromatic heterocycles. The second-order valence-corrected chi connectivity index (χ2v) is 7.30. The van der Waals surface area contributed by atoms with Gasteiger partial charge >= 0.3 is 5.97 Å². The highest BCUT2D eigenvalue weighted by atomic mass is 35.5. The Morgan fingerprint density at radius 3 is 2.47 bits per heavy atom. The van der Waals surface area contributed by atoms with E-state index in [2.05, 4.69) is 17.1 Å². The molecule has 4 nitrogen and oxygen atoms in total. The molecule has 0 spiro atoms. The first-order valence-corrected chi connectivity index (χ1v) is 10.7. The number of unbranched alkanes of at least 4 members (excludes halogenated alkanes) is 2. The van der Waals surface area contributed by atoms with E-state index in [-0.39, 0.29) is 5.97 Å². The standard InChI is InChI=1S/C25H26ClNO3/c1-2-29-25(28)15-7-4-10-16-30-24-18-20(19-11-5-3-6-12-19)17-23(27-24)21-13-8-9-14-22(21)26/h3,5-6,8-9,11-14,17-18H,2,4,7,10,15-16H2,1H3. The summed E-state index contributed by atoms with van der Waals surface area (Å²) in [5.74, 6) is 0.427. The average Bonchev–Trinajstić information content (AvgIpc) is 2.77. The number of rotatable bonds is 10. The van der Waals surface area contributed by atoms with Gasteiger partial charge in [0.2, 0.25) is 5.88 Å². The summed E-state index contributed by atoms with van der Waals surface area (Å²) in [6.45, 7) is 2.79. The van der Waals surface area contributed by atoms with Gasteiger partial charge in [0.25, 0.3) is 0 Å². The molecule has 156 valence electrons. The van der Waals surface area contributed by atoms with Gasteiger partial charge < -0.3 is 9.47 Å². The number of carbonyl (C=O) groups is 1. The number of hydrogen-bond acceptors (Lipinski definition) is 4. The van der Waals surface area contributed by atoms with Gasteiger partial charge in [-0.05, 0) is 49.4 Å². The number of halogens is 1. The molecule has 2 aromatic carbocycles. The van der Waals surface area contributed by atoms with Crippen molar-refractivity contribution in [3.05, 3.63) is 71.8 Å². The summed E-state index contributed by atoms with van der Waals surface area (Å²) >= 11 is 6.40. The fourth-order valence-electron chi connectivity index (χ4n) is 3.14. The van der Waals surface area contributed by atoms with Crippen molar-refractivity contribution in [3.63, 3.8) is 0 Å².